The van der Waals surface area contributed by atoms with Crippen LogP contribution in [0.25, 0.3) is 0 Å². The Kier molecular flexibility index (Phi) is 4.78. The number of aliphatic hydroxyl groups is 1. The Balaban J connectivity index is 2.40. The average molecular weight is 213 g/mol. The molecule has 86 valence electrons. The lowest BCUT2D eigenvalue weighted by molar-refractivity contribution is -0.138. The van der Waals surface area contributed by atoms with Crippen LogP contribution in [0.5, 0.6) is 0 Å². The molecular formula is C11H19NO3. The molecule has 0 radical (unpaired) electrons. The Morgan fingerprint density at radius 1 is 1.67 bits per heavy atom. The smallest absolute Gasteiger partial charge is 0.334 e. The maximum atomic E-state index is 11.3. The van der Waals surface area contributed by atoms with Gasteiger partial charge < -0.3 is 9.84 Å². The summed E-state index contributed by atoms with van der Waals surface area (Å²) >= 11 is 0. The number of nitrogens with zero attached hydrogens (tertiary/aromatic N) is 1. The Morgan fingerprint density at radius 2 is 2.40 bits per heavy atom. The molecule has 1 heterocycles. The second kappa shape index (κ2) is 5.88. The van der Waals surface area contributed by atoms with Gasteiger partial charge in [0.1, 0.15) is 0 Å². The van der Waals surface area contributed by atoms with Crippen LogP contribution in [0.15, 0.2) is 12.2 Å². The second-order valence-corrected chi connectivity index (χ2v) is 3.77. The summed E-state index contributed by atoms with van der Waals surface area (Å²) in [5, 5.41) is 9.10. The fraction of sp³-hybridized carbons (Fsp3) is 0.727. The van der Waals surface area contributed by atoms with Crippen molar-refractivity contribution in [2.75, 3.05) is 26.3 Å². The van der Waals surface area contributed by atoms with Crippen LogP contribution in [0.2, 0.25) is 0 Å². The number of carbonyl (C=O) groups is 1. The topological polar surface area (TPSA) is 49.8 Å². The Bertz CT molecular complexity index is 240. The van der Waals surface area contributed by atoms with Crippen molar-refractivity contribution < 1.29 is 14.6 Å². The minimum absolute atomic E-state index is 0.149. The summed E-state index contributed by atoms with van der Waals surface area (Å²) in [6, 6.07) is 0.177. The lowest BCUT2D eigenvalue weighted by atomic mass is 10.2. The molecule has 1 aliphatic heterocycles. The minimum Gasteiger partial charge on any atom is -0.463 e. The Labute approximate surface area is 90.5 Å². The van der Waals surface area contributed by atoms with Gasteiger partial charge in [0.05, 0.1) is 13.2 Å². The number of rotatable bonds is 5. The van der Waals surface area contributed by atoms with Gasteiger partial charge in [-0.15, -0.1) is 0 Å². The number of esters is 1. The van der Waals surface area contributed by atoms with Crippen molar-refractivity contribution in [1.82, 2.24) is 4.90 Å². The van der Waals surface area contributed by atoms with E-state index in [2.05, 4.69) is 11.5 Å². The van der Waals surface area contributed by atoms with Gasteiger partial charge in [-0.05, 0) is 26.3 Å². The summed E-state index contributed by atoms with van der Waals surface area (Å²) in [5.74, 6) is -0.332. The molecule has 0 aliphatic carbocycles. The van der Waals surface area contributed by atoms with E-state index in [0.717, 1.165) is 19.4 Å². The molecule has 0 saturated carbocycles. The van der Waals surface area contributed by atoms with Gasteiger partial charge in [0.15, 0.2) is 0 Å². The molecule has 0 spiro atoms. The molecule has 1 fully saturated rings. The zero-order valence-corrected chi connectivity index (χ0v) is 9.24. The first-order valence-corrected chi connectivity index (χ1v) is 5.38. The Morgan fingerprint density at radius 3 is 3.00 bits per heavy atom. The van der Waals surface area contributed by atoms with E-state index in [0.29, 0.717) is 18.7 Å². The first kappa shape index (κ1) is 12.2. The summed E-state index contributed by atoms with van der Waals surface area (Å²) < 4.78 is 4.86. The fourth-order valence-corrected chi connectivity index (χ4v) is 1.85. The summed E-state index contributed by atoms with van der Waals surface area (Å²) in [6.45, 7) is 7.43. The zero-order chi connectivity index (χ0) is 11.3. The van der Waals surface area contributed by atoms with Crippen molar-refractivity contribution >= 4 is 5.97 Å². The van der Waals surface area contributed by atoms with Crippen LogP contribution < -0.4 is 0 Å². The van der Waals surface area contributed by atoms with Gasteiger partial charge >= 0.3 is 5.97 Å². The highest BCUT2D eigenvalue weighted by molar-refractivity contribution is 5.88. The van der Waals surface area contributed by atoms with E-state index in [1.165, 1.54) is 0 Å². The van der Waals surface area contributed by atoms with Crippen molar-refractivity contribution in [3.8, 4) is 0 Å². The molecule has 0 aromatic carbocycles. The molecule has 0 bridgehead atoms. The van der Waals surface area contributed by atoms with E-state index >= 15 is 0 Å². The molecule has 1 rings (SSSR count). The van der Waals surface area contributed by atoms with Gasteiger partial charge in [-0.1, -0.05) is 6.58 Å². The highest BCUT2D eigenvalue weighted by atomic mass is 16.5. The summed E-state index contributed by atoms with van der Waals surface area (Å²) in [7, 11) is 0. The van der Waals surface area contributed by atoms with E-state index in [9.17, 15) is 4.79 Å². The lowest BCUT2D eigenvalue weighted by Gasteiger charge is -2.22. The van der Waals surface area contributed by atoms with E-state index in [1.807, 2.05) is 0 Å². The summed E-state index contributed by atoms with van der Waals surface area (Å²) in [6.07, 6.45) is 2.06. The maximum absolute atomic E-state index is 11.3. The number of hydrogen-bond donors (Lipinski definition) is 1. The molecule has 4 heteroatoms. The fourth-order valence-electron chi connectivity index (χ4n) is 1.85. The normalized spacial score (nSPS) is 21.6. The highest BCUT2D eigenvalue weighted by Crippen LogP contribution is 2.17. The van der Waals surface area contributed by atoms with Crippen LogP contribution in [-0.2, 0) is 9.53 Å². The monoisotopic (exact) mass is 213 g/mol. The van der Waals surface area contributed by atoms with Crippen molar-refractivity contribution in [2.45, 2.75) is 25.8 Å². The van der Waals surface area contributed by atoms with Crippen molar-refractivity contribution in [2.24, 2.45) is 0 Å². The second-order valence-electron chi connectivity index (χ2n) is 3.77. The minimum atomic E-state index is -0.332. The first-order valence-electron chi connectivity index (χ1n) is 5.38. The average Bonchev–Trinajstić information content (AvgIpc) is 2.65. The lowest BCUT2D eigenvalue weighted by Crippen LogP contribution is -2.35. The summed E-state index contributed by atoms with van der Waals surface area (Å²) in [4.78, 5) is 13.4. The quantitative estimate of drug-likeness (QED) is 0.535. The predicted octanol–water partition coefficient (Wildman–Crippen LogP) is 0.562. The molecule has 15 heavy (non-hydrogen) atoms. The van der Waals surface area contributed by atoms with Crippen LogP contribution in [0, 0.1) is 0 Å². The molecule has 1 aliphatic rings. The molecule has 4 nitrogen and oxygen atoms in total. The standard InChI is InChI=1S/C11H19NO3/c1-3-15-11(14)9(2)7-12-6-4-5-10(12)8-13/h10,13H,2-8H2,1H3. The number of likely N-dealkylation sites (tertiary alicyclic amines) is 1. The third kappa shape index (κ3) is 3.32. The highest BCUT2D eigenvalue weighted by Gasteiger charge is 2.25. The third-order valence-corrected chi connectivity index (χ3v) is 2.67. The molecule has 0 aromatic rings. The molecule has 1 atom stereocenters. The molecule has 1 unspecified atom stereocenters. The molecule has 0 aromatic heterocycles. The van der Waals surface area contributed by atoms with Crippen molar-refractivity contribution in [3.05, 3.63) is 12.2 Å². The van der Waals surface area contributed by atoms with Gasteiger partial charge in [-0.3, -0.25) is 4.90 Å². The zero-order valence-electron chi connectivity index (χ0n) is 9.24. The van der Waals surface area contributed by atoms with Crippen LogP contribution in [0.4, 0.5) is 0 Å². The third-order valence-electron chi connectivity index (χ3n) is 2.67. The van der Waals surface area contributed by atoms with Gasteiger partial charge in [0.2, 0.25) is 0 Å². The first-order chi connectivity index (χ1) is 7.19. The van der Waals surface area contributed by atoms with Gasteiger partial charge in [0, 0.05) is 18.2 Å². The number of aliphatic hydroxyl groups excluding tert-OH is 1. The van der Waals surface area contributed by atoms with E-state index in [4.69, 9.17) is 9.84 Å². The predicted molar refractivity (Wildman–Crippen MR) is 57.5 cm³/mol. The van der Waals surface area contributed by atoms with E-state index < -0.39 is 0 Å². The molecule has 1 saturated heterocycles. The van der Waals surface area contributed by atoms with Gasteiger partial charge in [-0.2, -0.15) is 0 Å². The van der Waals surface area contributed by atoms with Gasteiger partial charge in [-0.25, -0.2) is 4.79 Å². The number of ether oxygens (including phenoxy) is 1. The molecular weight excluding hydrogens is 194 g/mol. The van der Waals surface area contributed by atoms with Gasteiger partial charge in [0.25, 0.3) is 0 Å². The van der Waals surface area contributed by atoms with Crippen LogP contribution >= 0.6 is 0 Å². The molecule has 1 N–H and O–H groups in total. The SMILES string of the molecule is C=C(CN1CCCC1CO)C(=O)OCC. The van der Waals surface area contributed by atoms with Crippen molar-refractivity contribution in [1.29, 1.82) is 0 Å². The van der Waals surface area contributed by atoms with Crippen LogP contribution in [0.1, 0.15) is 19.8 Å². The Hall–Kier alpha value is -0.870. The maximum Gasteiger partial charge on any atom is 0.334 e. The number of carbonyl (C=O) groups excluding carboxylic acids is 1. The van der Waals surface area contributed by atoms with E-state index in [1.54, 1.807) is 6.92 Å². The van der Waals surface area contributed by atoms with Crippen LogP contribution in [-0.4, -0.2) is 48.3 Å². The largest absolute Gasteiger partial charge is 0.463 e. The van der Waals surface area contributed by atoms with E-state index in [-0.39, 0.29) is 18.6 Å². The summed E-state index contributed by atoms with van der Waals surface area (Å²) in [5.41, 5.74) is 0.470. The van der Waals surface area contributed by atoms with Crippen molar-refractivity contribution in [3.63, 3.8) is 0 Å². The number of hydrogen-bond acceptors (Lipinski definition) is 4. The molecule has 0 amide bonds. The van der Waals surface area contributed by atoms with Crippen LogP contribution in [0.3, 0.4) is 0 Å².